The number of carbonyl (C=O) groups is 2. The second kappa shape index (κ2) is 8.14. The summed E-state index contributed by atoms with van der Waals surface area (Å²) in [5.41, 5.74) is -7.13. The fourth-order valence-corrected chi connectivity index (χ4v) is 2.78. The number of ether oxygens (including phenoxy) is 1. The van der Waals surface area contributed by atoms with Crippen molar-refractivity contribution in [3.05, 3.63) is 41.1 Å². The standard InChI is InChI=1S/C17H16F6N2O5/c1-30-14(28)11-8-25(6-7-26)13(27)12(11)24-10-4-2-9(3-5-10)15(29,16(18,19)20)17(21,22)23/h2-5,24,26,29H,6-8H2,1H3. The first-order valence-electron chi connectivity index (χ1n) is 8.23. The molecule has 1 heterocycles. The molecule has 166 valence electrons. The van der Waals surface area contributed by atoms with E-state index in [2.05, 4.69) is 10.1 Å². The van der Waals surface area contributed by atoms with Gasteiger partial charge in [0.1, 0.15) is 5.70 Å². The smallest absolute Gasteiger partial charge is 0.430 e. The third-order valence-corrected chi connectivity index (χ3v) is 4.35. The van der Waals surface area contributed by atoms with E-state index in [-0.39, 0.29) is 30.0 Å². The topological polar surface area (TPSA) is 99.1 Å². The van der Waals surface area contributed by atoms with Crippen LogP contribution in [-0.2, 0) is 19.9 Å². The molecule has 0 spiro atoms. The summed E-state index contributed by atoms with van der Waals surface area (Å²) < 4.78 is 82.2. The predicted molar refractivity (Wildman–Crippen MR) is 88.8 cm³/mol. The minimum atomic E-state index is -6.03. The Morgan fingerprint density at radius 2 is 1.67 bits per heavy atom. The van der Waals surface area contributed by atoms with Gasteiger partial charge in [0.2, 0.25) is 0 Å². The number of aliphatic hydroxyl groups excluding tert-OH is 1. The minimum absolute atomic E-state index is 0.117. The number of carbonyl (C=O) groups excluding carboxylic acids is 2. The molecule has 0 aromatic heterocycles. The molecular weight excluding hydrogens is 426 g/mol. The zero-order valence-corrected chi connectivity index (χ0v) is 15.3. The quantitative estimate of drug-likeness (QED) is 0.458. The fraction of sp³-hybridized carbons (Fsp3) is 0.412. The molecule has 0 radical (unpaired) electrons. The van der Waals surface area contributed by atoms with E-state index < -0.39 is 42.0 Å². The first-order valence-corrected chi connectivity index (χ1v) is 8.23. The van der Waals surface area contributed by atoms with E-state index in [0.29, 0.717) is 12.1 Å². The summed E-state index contributed by atoms with van der Waals surface area (Å²) in [6.07, 6.45) is -12.1. The molecule has 0 unspecified atom stereocenters. The van der Waals surface area contributed by atoms with E-state index in [1.807, 2.05) is 0 Å². The number of anilines is 1. The van der Waals surface area contributed by atoms with Crippen LogP contribution in [0.2, 0.25) is 0 Å². The summed E-state index contributed by atoms with van der Waals surface area (Å²) >= 11 is 0. The number of nitrogens with zero attached hydrogens (tertiary/aromatic N) is 1. The average molecular weight is 442 g/mol. The lowest BCUT2D eigenvalue weighted by Crippen LogP contribution is -2.53. The highest BCUT2D eigenvalue weighted by Crippen LogP contribution is 2.50. The summed E-state index contributed by atoms with van der Waals surface area (Å²) in [6, 6.07) is 2.35. The lowest BCUT2D eigenvalue weighted by Gasteiger charge is -2.32. The van der Waals surface area contributed by atoms with Gasteiger partial charge < -0.3 is 25.2 Å². The Kier molecular flexibility index (Phi) is 6.37. The molecule has 1 aliphatic heterocycles. The molecule has 1 aromatic carbocycles. The number of esters is 1. The number of benzene rings is 1. The van der Waals surface area contributed by atoms with Crippen LogP contribution < -0.4 is 5.32 Å². The molecule has 13 heteroatoms. The molecule has 1 aliphatic rings. The third-order valence-electron chi connectivity index (χ3n) is 4.35. The van der Waals surface area contributed by atoms with E-state index >= 15 is 0 Å². The van der Waals surface area contributed by atoms with Gasteiger partial charge in [-0.3, -0.25) is 4.79 Å². The zero-order valence-electron chi connectivity index (χ0n) is 15.3. The molecule has 2 rings (SSSR count). The van der Waals surface area contributed by atoms with Crippen molar-refractivity contribution in [2.45, 2.75) is 18.0 Å². The second-order valence-corrected chi connectivity index (χ2v) is 6.20. The number of amides is 1. The first kappa shape index (κ1) is 23.5. The monoisotopic (exact) mass is 442 g/mol. The molecule has 0 aliphatic carbocycles. The van der Waals surface area contributed by atoms with Gasteiger partial charge in [-0.1, -0.05) is 12.1 Å². The van der Waals surface area contributed by atoms with E-state index in [1.54, 1.807) is 0 Å². The van der Waals surface area contributed by atoms with Crippen LogP contribution in [0.5, 0.6) is 0 Å². The maximum Gasteiger partial charge on any atom is 0.430 e. The molecule has 1 amide bonds. The Bertz CT molecular complexity index is 834. The summed E-state index contributed by atoms with van der Waals surface area (Å²) in [6.45, 7) is -0.738. The van der Waals surface area contributed by atoms with Gasteiger partial charge in [0.15, 0.2) is 0 Å². The maximum absolute atomic E-state index is 12.9. The maximum atomic E-state index is 12.9. The summed E-state index contributed by atoms with van der Waals surface area (Å²) in [7, 11) is 1.05. The fourth-order valence-electron chi connectivity index (χ4n) is 2.78. The van der Waals surface area contributed by atoms with Crippen molar-refractivity contribution >= 4 is 17.6 Å². The molecular formula is C17H16F6N2O5. The van der Waals surface area contributed by atoms with E-state index in [4.69, 9.17) is 5.11 Å². The van der Waals surface area contributed by atoms with Crippen LogP contribution in [0.25, 0.3) is 0 Å². The van der Waals surface area contributed by atoms with Crippen LogP contribution >= 0.6 is 0 Å². The van der Waals surface area contributed by atoms with Crippen molar-refractivity contribution in [1.29, 1.82) is 0 Å². The van der Waals surface area contributed by atoms with Gasteiger partial charge in [-0.25, -0.2) is 4.79 Å². The average Bonchev–Trinajstić information content (AvgIpc) is 2.95. The molecule has 0 atom stereocenters. The van der Waals surface area contributed by atoms with Crippen molar-refractivity contribution in [1.82, 2.24) is 4.90 Å². The van der Waals surface area contributed by atoms with E-state index in [1.165, 1.54) is 0 Å². The largest absolute Gasteiger partial charge is 0.466 e. The van der Waals surface area contributed by atoms with Gasteiger partial charge in [-0.2, -0.15) is 26.3 Å². The lowest BCUT2D eigenvalue weighted by atomic mass is 9.92. The highest BCUT2D eigenvalue weighted by molar-refractivity contribution is 6.08. The first-order chi connectivity index (χ1) is 13.8. The van der Waals surface area contributed by atoms with Gasteiger partial charge in [0, 0.05) is 17.8 Å². The number of rotatable bonds is 6. The Morgan fingerprint density at radius 1 is 1.13 bits per heavy atom. The summed E-state index contributed by atoms with van der Waals surface area (Å²) in [5.74, 6) is -1.61. The lowest BCUT2D eigenvalue weighted by molar-refractivity contribution is -0.376. The van der Waals surface area contributed by atoms with Crippen LogP contribution in [0.15, 0.2) is 35.5 Å². The molecule has 1 aromatic rings. The zero-order chi connectivity index (χ0) is 22.9. The van der Waals surface area contributed by atoms with Gasteiger partial charge in [0.05, 0.1) is 25.8 Å². The normalized spacial score (nSPS) is 15.6. The van der Waals surface area contributed by atoms with Crippen LogP contribution in [0.4, 0.5) is 32.0 Å². The molecule has 30 heavy (non-hydrogen) atoms. The Labute approximate surface area is 165 Å². The van der Waals surface area contributed by atoms with E-state index in [0.717, 1.165) is 24.1 Å². The number of hydrogen-bond donors (Lipinski definition) is 3. The van der Waals surface area contributed by atoms with Crippen molar-refractivity contribution < 1.29 is 50.9 Å². The molecule has 3 N–H and O–H groups in total. The molecule has 0 saturated carbocycles. The minimum Gasteiger partial charge on any atom is -0.466 e. The molecule has 0 bridgehead atoms. The number of hydrogen-bond acceptors (Lipinski definition) is 6. The Balaban J connectivity index is 2.38. The van der Waals surface area contributed by atoms with Gasteiger partial charge in [0.25, 0.3) is 11.5 Å². The molecule has 0 saturated heterocycles. The van der Waals surface area contributed by atoms with Crippen molar-refractivity contribution in [3.8, 4) is 0 Å². The second-order valence-electron chi connectivity index (χ2n) is 6.20. The van der Waals surface area contributed by atoms with E-state index in [9.17, 15) is 41.0 Å². The van der Waals surface area contributed by atoms with Crippen LogP contribution in [0.3, 0.4) is 0 Å². The number of nitrogens with one attached hydrogen (secondary N) is 1. The number of methoxy groups -OCH3 is 1. The predicted octanol–water partition coefficient (Wildman–Crippen LogP) is 1.67. The van der Waals surface area contributed by atoms with Crippen molar-refractivity contribution in [2.24, 2.45) is 0 Å². The van der Waals surface area contributed by atoms with Gasteiger partial charge >= 0.3 is 18.3 Å². The Hall–Kier alpha value is -2.80. The molecule has 0 fully saturated rings. The molecule has 7 nitrogen and oxygen atoms in total. The number of aliphatic hydroxyl groups is 2. The van der Waals surface area contributed by atoms with Crippen molar-refractivity contribution in [2.75, 3.05) is 32.1 Å². The van der Waals surface area contributed by atoms with Gasteiger partial charge in [-0.05, 0) is 12.1 Å². The Morgan fingerprint density at radius 3 is 2.10 bits per heavy atom. The highest BCUT2D eigenvalue weighted by atomic mass is 19.4. The van der Waals surface area contributed by atoms with Crippen LogP contribution in [0.1, 0.15) is 5.56 Å². The van der Waals surface area contributed by atoms with Crippen molar-refractivity contribution in [3.63, 3.8) is 0 Å². The van der Waals surface area contributed by atoms with Crippen LogP contribution in [0, 0.1) is 0 Å². The third kappa shape index (κ3) is 4.07. The summed E-state index contributed by atoms with van der Waals surface area (Å²) in [4.78, 5) is 25.3. The number of halogens is 6. The SMILES string of the molecule is COC(=O)C1=C(Nc2ccc(C(O)(C(F)(F)F)C(F)(F)F)cc2)C(=O)N(CCO)C1. The van der Waals surface area contributed by atoms with Crippen LogP contribution in [-0.4, -0.2) is 66.1 Å². The summed E-state index contributed by atoms with van der Waals surface area (Å²) in [5, 5.41) is 20.8. The number of β-amino-alcohol motifs (C(OH)–C–C–N with tert-alkyl or cyclic N) is 1. The highest BCUT2D eigenvalue weighted by Gasteiger charge is 2.71. The van der Waals surface area contributed by atoms with Gasteiger partial charge in [-0.15, -0.1) is 0 Å². The number of alkyl halides is 6.